The molecule has 0 atom stereocenters. The van der Waals surface area contributed by atoms with Gasteiger partial charge in [-0.15, -0.1) is 5.10 Å². The van der Waals surface area contributed by atoms with Crippen LogP contribution in [-0.2, 0) is 6.54 Å². The minimum Gasteiger partial charge on any atom is -0.396 e. The number of aromatic nitrogens is 5. The minimum absolute atomic E-state index is 0.0585. The van der Waals surface area contributed by atoms with Gasteiger partial charge in [-0.05, 0) is 26.3 Å². The lowest BCUT2D eigenvalue weighted by molar-refractivity contribution is 0.279. The standard InChI is InChI=1S/C13H15N5O2/c1-8-11-10(18-13(14-8)15-9(2)16-18)4-6-17(12(11)20)5-3-7-19/h4,6,19H,3,5,7H2,1-2H3. The van der Waals surface area contributed by atoms with Crippen molar-refractivity contribution < 1.29 is 5.11 Å². The van der Waals surface area contributed by atoms with Crippen molar-refractivity contribution in [3.8, 4) is 0 Å². The highest BCUT2D eigenvalue weighted by atomic mass is 16.3. The van der Waals surface area contributed by atoms with Gasteiger partial charge in [0.05, 0.1) is 16.6 Å². The lowest BCUT2D eigenvalue weighted by Gasteiger charge is -2.08. The maximum Gasteiger partial charge on any atom is 0.261 e. The fourth-order valence-corrected chi connectivity index (χ4v) is 2.34. The first-order valence-corrected chi connectivity index (χ1v) is 6.46. The smallest absolute Gasteiger partial charge is 0.261 e. The number of aliphatic hydroxyl groups excluding tert-OH is 1. The van der Waals surface area contributed by atoms with Gasteiger partial charge < -0.3 is 9.67 Å². The van der Waals surface area contributed by atoms with E-state index in [0.29, 0.717) is 41.2 Å². The maximum absolute atomic E-state index is 12.5. The molecule has 104 valence electrons. The van der Waals surface area contributed by atoms with Gasteiger partial charge in [-0.2, -0.15) is 9.50 Å². The second kappa shape index (κ2) is 4.68. The Morgan fingerprint density at radius 2 is 2.10 bits per heavy atom. The van der Waals surface area contributed by atoms with E-state index in [4.69, 9.17) is 5.11 Å². The van der Waals surface area contributed by atoms with Crippen molar-refractivity contribution in [2.45, 2.75) is 26.8 Å². The second-order valence-corrected chi connectivity index (χ2v) is 4.72. The molecule has 1 N–H and O–H groups in total. The van der Waals surface area contributed by atoms with E-state index in [1.54, 1.807) is 29.1 Å². The zero-order valence-corrected chi connectivity index (χ0v) is 11.4. The van der Waals surface area contributed by atoms with Gasteiger partial charge in [-0.25, -0.2) is 4.98 Å². The molecule has 3 aromatic heterocycles. The largest absolute Gasteiger partial charge is 0.396 e. The van der Waals surface area contributed by atoms with Crippen LogP contribution in [0.2, 0.25) is 0 Å². The topological polar surface area (TPSA) is 85.3 Å². The Morgan fingerprint density at radius 3 is 2.85 bits per heavy atom. The van der Waals surface area contributed by atoms with Crippen molar-refractivity contribution in [1.82, 2.24) is 24.1 Å². The zero-order chi connectivity index (χ0) is 14.3. The zero-order valence-electron chi connectivity index (χ0n) is 11.4. The molecular formula is C13H15N5O2. The Kier molecular flexibility index (Phi) is 2.98. The Bertz CT molecular complexity index is 849. The van der Waals surface area contributed by atoms with Gasteiger partial charge in [0.25, 0.3) is 11.3 Å². The van der Waals surface area contributed by atoms with Gasteiger partial charge in [0, 0.05) is 19.3 Å². The molecule has 0 aliphatic heterocycles. The van der Waals surface area contributed by atoms with Gasteiger partial charge in [-0.1, -0.05) is 0 Å². The summed E-state index contributed by atoms with van der Waals surface area (Å²) < 4.78 is 3.18. The summed E-state index contributed by atoms with van der Waals surface area (Å²) in [5.74, 6) is 1.12. The fraction of sp³-hybridized carbons (Fsp3) is 0.385. The van der Waals surface area contributed by atoms with Gasteiger partial charge in [-0.3, -0.25) is 4.79 Å². The first kappa shape index (κ1) is 12.7. The molecule has 0 aliphatic carbocycles. The predicted molar refractivity (Wildman–Crippen MR) is 73.7 cm³/mol. The third-order valence-electron chi connectivity index (χ3n) is 3.25. The van der Waals surface area contributed by atoms with Crippen molar-refractivity contribution in [3.63, 3.8) is 0 Å². The third-order valence-corrected chi connectivity index (χ3v) is 3.25. The van der Waals surface area contributed by atoms with E-state index >= 15 is 0 Å². The van der Waals surface area contributed by atoms with Crippen LogP contribution in [0, 0.1) is 13.8 Å². The number of aliphatic hydroxyl groups is 1. The normalized spacial score (nSPS) is 11.6. The van der Waals surface area contributed by atoms with Crippen molar-refractivity contribution in [1.29, 1.82) is 0 Å². The van der Waals surface area contributed by atoms with Crippen molar-refractivity contribution in [3.05, 3.63) is 34.1 Å². The average Bonchev–Trinajstić information content (AvgIpc) is 2.78. The van der Waals surface area contributed by atoms with Crippen LogP contribution in [0.3, 0.4) is 0 Å². The fourth-order valence-electron chi connectivity index (χ4n) is 2.34. The molecular weight excluding hydrogens is 258 g/mol. The van der Waals surface area contributed by atoms with E-state index in [9.17, 15) is 4.79 Å². The molecule has 0 fully saturated rings. The Morgan fingerprint density at radius 1 is 1.30 bits per heavy atom. The lowest BCUT2D eigenvalue weighted by atomic mass is 10.2. The number of hydrogen-bond donors (Lipinski definition) is 1. The van der Waals surface area contributed by atoms with E-state index in [1.807, 2.05) is 6.07 Å². The molecule has 0 bridgehead atoms. The van der Waals surface area contributed by atoms with Crippen LogP contribution in [0.1, 0.15) is 17.9 Å². The van der Waals surface area contributed by atoms with Gasteiger partial charge in [0.15, 0.2) is 0 Å². The summed E-state index contributed by atoms with van der Waals surface area (Å²) in [6.45, 7) is 4.13. The maximum atomic E-state index is 12.5. The first-order valence-electron chi connectivity index (χ1n) is 6.46. The molecule has 0 unspecified atom stereocenters. The molecule has 0 amide bonds. The summed E-state index contributed by atoms with van der Waals surface area (Å²) in [6.07, 6.45) is 2.26. The minimum atomic E-state index is -0.115. The molecule has 0 spiro atoms. The quantitative estimate of drug-likeness (QED) is 0.748. The molecule has 3 aromatic rings. The monoisotopic (exact) mass is 273 g/mol. The molecule has 3 heterocycles. The number of pyridine rings is 1. The SMILES string of the molecule is Cc1nc2nc(C)c3c(=O)n(CCCO)ccc3n2n1. The summed E-state index contributed by atoms with van der Waals surface area (Å²) in [7, 11) is 0. The van der Waals surface area contributed by atoms with Crippen LogP contribution in [0.25, 0.3) is 16.7 Å². The summed E-state index contributed by atoms with van der Waals surface area (Å²) in [5, 5.41) is 13.7. The molecule has 20 heavy (non-hydrogen) atoms. The Hall–Kier alpha value is -2.28. The molecule has 0 saturated heterocycles. The van der Waals surface area contributed by atoms with E-state index in [-0.39, 0.29) is 12.2 Å². The average molecular weight is 273 g/mol. The van der Waals surface area contributed by atoms with Crippen LogP contribution in [0.5, 0.6) is 0 Å². The molecule has 7 heteroatoms. The summed E-state index contributed by atoms with van der Waals surface area (Å²) >= 11 is 0. The Balaban J connectivity index is 2.34. The van der Waals surface area contributed by atoms with Crippen LogP contribution in [0.15, 0.2) is 17.1 Å². The van der Waals surface area contributed by atoms with Crippen LogP contribution in [0.4, 0.5) is 0 Å². The van der Waals surface area contributed by atoms with E-state index in [2.05, 4.69) is 15.1 Å². The molecule has 0 aliphatic rings. The predicted octanol–water partition coefficient (Wildman–Crippen LogP) is 0.438. The van der Waals surface area contributed by atoms with E-state index in [0.717, 1.165) is 0 Å². The second-order valence-electron chi connectivity index (χ2n) is 4.72. The van der Waals surface area contributed by atoms with Crippen molar-refractivity contribution in [2.75, 3.05) is 6.61 Å². The number of fused-ring (bicyclic) bond motifs is 3. The summed E-state index contributed by atoms with van der Waals surface area (Å²) in [4.78, 5) is 21.0. The molecule has 0 radical (unpaired) electrons. The van der Waals surface area contributed by atoms with Crippen LogP contribution >= 0.6 is 0 Å². The van der Waals surface area contributed by atoms with Crippen molar-refractivity contribution >= 4 is 16.7 Å². The first-order chi connectivity index (χ1) is 9.61. The van der Waals surface area contributed by atoms with E-state index in [1.165, 1.54) is 0 Å². The highest BCUT2D eigenvalue weighted by molar-refractivity contribution is 5.81. The lowest BCUT2D eigenvalue weighted by Crippen LogP contribution is -2.22. The number of nitrogens with zero attached hydrogens (tertiary/aromatic N) is 5. The van der Waals surface area contributed by atoms with Gasteiger partial charge >= 0.3 is 0 Å². The molecule has 7 nitrogen and oxygen atoms in total. The molecule has 3 rings (SSSR count). The van der Waals surface area contributed by atoms with Crippen LogP contribution < -0.4 is 5.56 Å². The Labute approximate surface area is 114 Å². The number of rotatable bonds is 3. The van der Waals surface area contributed by atoms with Crippen LogP contribution in [-0.4, -0.2) is 35.9 Å². The van der Waals surface area contributed by atoms with E-state index < -0.39 is 0 Å². The summed E-state index contributed by atoms with van der Waals surface area (Å²) in [6, 6.07) is 1.84. The highest BCUT2D eigenvalue weighted by Gasteiger charge is 2.13. The molecule has 0 aromatic carbocycles. The third kappa shape index (κ3) is 1.87. The van der Waals surface area contributed by atoms with Crippen molar-refractivity contribution in [2.24, 2.45) is 0 Å². The highest BCUT2D eigenvalue weighted by Crippen LogP contribution is 2.14. The van der Waals surface area contributed by atoms with Gasteiger partial charge in [0.1, 0.15) is 5.82 Å². The molecule has 0 saturated carbocycles. The summed E-state index contributed by atoms with van der Waals surface area (Å²) in [5.41, 5.74) is 1.23. The number of hydrogen-bond acceptors (Lipinski definition) is 5. The number of aryl methyl sites for hydroxylation is 3. The van der Waals surface area contributed by atoms with Gasteiger partial charge in [0.2, 0.25) is 0 Å².